The first-order valence-corrected chi connectivity index (χ1v) is 9.10. The first kappa shape index (κ1) is 16.7. The molecule has 0 aliphatic heterocycles. The molecule has 9 heteroatoms. The number of hydrogen-bond donors (Lipinski definition) is 1. The fraction of sp³-hybridized carbons (Fsp3) is 0.333. The molecule has 0 saturated heterocycles. The minimum absolute atomic E-state index is 0.156. The number of rotatable bonds is 6. The van der Waals surface area contributed by atoms with Gasteiger partial charge in [-0.2, -0.15) is 0 Å². The van der Waals surface area contributed by atoms with Crippen LogP contribution in [0.4, 0.5) is 5.82 Å². The number of nitrogens with zero attached hydrogens (tertiary/aromatic N) is 4. The number of nitrogens with one attached hydrogen (secondary N) is 1. The van der Waals surface area contributed by atoms with Crippen LogP contribution in [0, 0.1) is 6.92 Å². The molecule has 0 saturated carbocycles. The fourth-order valence-electron chi connectivity index (χ4n) is 2.04. The number of thioether (sulfide) groups is 1. The third-order valence-corrected chi connectivity index (χ3v) is 5.38. The second-order valence-electron chi connectivity index (χ2n) is 5.29. The topological polar surface area (TPSA) is 85.8 Å². The number of aryl methyl sites for hydroxylation is 1. The van der Waals surface area contributed by atoms with E-state index in [1.807, 2.05) is 30.0 Å². The second-order valence-corrected chi connectivity index (χ2v) is 7.63. The molecule has 0 bridgehead atoms. The molecule has 24 heavy (non-hydrogen) atoms. The summed E-state index contributed by atoms with van der Waals surface area (Å²) >= 11 is 3.05. The minimum Gasteiger partial charge on any atom is -0.360 e. The molecule has 3 rings (SSSR count). The summed E-state index contributed by atoms with van der Waals surface area (Å²) in [6.07, 6.45) is 0.737. The predicted octanol–water partition coefficient (Wildman–Crippen LogP) is 2.88. The Hall–Kier alpha value is -2.13. The van der Waals surface area contributed by atoms with E-state index in [4.69, 9.17) is 4.52 Å². The Kier molecular flexibility index (Phi) is 5.00. The van der Waals surface area contributed by atoms with E-state index < -0.39 is 0 Å². The maximum Gasteiger partial charge on any atom is 0.238 e. The van der Waals surface area contributed by atoms with Gasteiger partial charge in [-0.05, 0) is 25.3 Å². The molecule has 0 aliphatic carbocycles. The molecule has 126 valence electrons. The normalized spacial score (nSPS) is 12.3. The molecular weight excluding hydrogens is 346 g/mol. The summed E-state index contributed by atoms with van der Waals surface area (Å²) in [5.41, 5.74) is 0. The Morgan fingerprint density at radius 3 is 3.00 bits per heavy atom. The van der Waals surface area contributed by atoms with E-state index in [0.717, 1.165) is 12.2 Å². The van der Waals surface area contributed by atoms with Gasteiger partial charge in [-0.25, -0.2) is 0 Å². The standard InChI is InChI=1S/C15H17N5O2S2/c1-9-7-12(19-22-9)16-14(21)10(2)24-15-18-17-13(20(15)3)8-11-5-4-6-23-11/h4-7,10H,8H2,1-3H3,(H,16,19,21). The van der Waals surface area contributed by atoms with Gasteiger partial charge < -0.3 is 14.4 Å². The number of amides is 1. The summed E-state index contributed by atoms with van der Waals surface area (Å²) in [4.78, 5) is 13.5. The van der Waals surface area contributed by atoms with E-state index >= 15 is 0 Å². The summed E-state index contributed by atoms with van der Waals surface area (Å²) in [6.45, 7) is 3.59. The van der Waals surface area contributed by atoms with E-state index in [-0.39, 0.29) is 11.2 Å². The quantitative estimate of drug-likeness (QED) is 0.678. The van der Waals surface area contributed by atoms with Crippen molar-refractivity contribution in [2.75, 3.05) is 5.32 Å². The molecule has 1 amide bonds. The summed E-state index contributed by atoms with van der Waals surface area (Å²) in [6, 6.07) is 5.77. The molecule has 1 unspecified atom stereocenters. The highest BCUT2D eigenvalue weighted by molar-refractivity contribution is 8.00. The molecular formula is C15H17N5O2S2. The zero-order valence-electron chi connectivity index (χ0n) is 13.5. The van der Waals surface area contributed by atoms with Crippen LogP contribution in [0.1, 0.15) is 23.4 Å². The number of hydrogen-bond acceptors (Lipinski definition) is 7. The largest absolute Gasteiger partial charge is 0.360 e. The van der Waals surface area contributed by atoms with Crippen LogP contribution in [0.5, 0.6) is 0 Å². The van der Waals surface area contributed by atoms with Crippen LogP contribution in [0.25, 0.3) is 0 Å². The van der Waals surface area contributed by atoms with Crippen LogP contribution in [-0.4, -0.2) is 31.1 Å². The SMILES string of the molecule is Cc1cc(NC(=O)C(C)Sc2nnc(Cc3cccs3)n2C)no1. The lowest BCUT2D eigenvalue weighted by molar-refractivity contribution is -0.115. The fourth-order valence-corrected chi connectivity index (χ4v) is 3.57. The summed E-state index contributed by atoms with van der Waals surface area (Å²) in [7, 11) is 1.91. The average Bonchev–Trinajstić information content (AvgIpc) is 3.26. The van der Waals surface area contributed by atoms with E-state index in [0.29, 0.717) is 16.7 Å². The minimum atomic E-state index is -0.334. The zero-order valence-corrected chi connectivity index (χ0v) is 15.1. The monoisotopic (exact) mass is 363 g/mol. The van der Waals surface area contributed by atoms with Gasteiger partial charge in [0.15, 0.2) is 11.0 Å². The van der Waals surface area contributed by atoms with Gasteiger partial charge in [0.1, 0.15) is 11.6 Å². The van der Waals surface area contributed by atoms with Crippen LogP contribution in [0.3, 0.4) is 0 Å². The summed E-state index contributed by atoms with van der Waals surface area (Å²) in [5, 5.41) is 17.3. The van der Waals surface area contributed by atoms with E-state index in [9.17, 15) is 4.79 Å². The lowest BCUT2D eigenvalue weighted by atomic mass is 10.3. The highest BCUT2D eigenvalue weighted by Crippen LogP contribution is 2.24. The van der Waals surface area contributed by atoms with Gasteiger partial charge in [-0.1, -0.05) is 23.0 Å². The zero-order chi connectivity index (χ0) is 17.1. The van der Waals surface area contributed by atoms with Gasteiger partial charge >= 0.3 is 0 Å². The first-order valence-electron chi connectivity index (χ1n) is 7.34. The lowest BCUT2D eigenvalue weighted by Crippen LogP contribution is -2.23. The molecule has 0 aromatic carbocycles. The molecule has 0 spiro atoms. The molecule has 3 heterocycles. The van der Waals surface area contributed by atoms with Crippen LogP contribution in [0.15, 0.2) is 33.3 Å². The Morgan fingerprint density at radius 2 is 2.33 bits per heavy atom. The Bertz CT molecular complexity index is 825. The predicted molar refractivity (Wildman–Crippen MR) is 93.3 cm³/mol. The van der Waals surface area contributed by atoms with Crippen LogP contribution < -0.4 is 5.32 Å². The van der Waals surface area contributed by atoms with Gasteiger partial charge in [0, 0.05) is 24.4 Å². The van der Waals surface area contributed by atoms with Crippen LogP contribution >= 0.6 is 23.1 Å². The van der Waals surface area contributed by atoms with Crippen molar-refractivity contribution in [2.24, 2.45) is 7.05 Å². The Morgan fingerprint density at radius 1 is 1.50 bits per heavy atom. The maximum atomic E-state index is 12.2. The molecule has 0 fully saturated rings. The smallest absolute Gasteiger partial charge is 0.238 e. The molecule has 3 aromatic heterocycles. The maximum absolute atomic E-state index is 12.2. The van der Waals surface area contributed by atoms with Crippen molar-refractivity contribution in [1.82, 2.24) is 19.9 Å². The number of thiophene rings is 1. The van der Waals surface area contributed by atoms with Gasteiger partial charge in [-0.15, -0.1) is 21.5 Å². The number of carbonyl (C=O) groups excluding carboxylic acids is 1. The van der Waals surface area contributed by atoms with Gasteiger partial charge in [0.05, 0.1) is 5.25 Å². The third kappa shape index (κ3) is 3.85. The molecule has 7 nitrogen and oxygen atoms in total. The summed E-state index contributed by atoms with van der Waals surface area (Å²) in [5.74, 6) is 1.79. The highest BCUT2D eigenvalue weighted by Gasteiger charge is 2.20. The van der Waals surface area contributed by atoms with Gasteiger partial charge in [0.2, 0.25) is 5.91 Å². The van der Waals surface area contributed by atoms with E-state index in [1.54, 1.807) is 24.3 Å². The molecule has 0 radical (unpaired) electrons. The molecule has 1 atom stereocenters. The van der Waals surface area contributed by atoms with Crippen LogP contribution in [0.2, 0.25) is 0 Å². The number of anilines is 1. The van der Waals surface area contributed by atoms with Gasteiger partial charge in [-0.3, -0.25) is 4.79 Å². The average molecular weight is 363 g/mol. The van der Waals surface area contributed by atoms with Crippen molar-refractivity contribution in [3.63, 3.8) is 0 Å². The highest BCUT2D eigenvalue weighted by atomic mass is 32.2. The Balaban J connectivity index is 1.62. The number of aromatic nitrogens is 4. The lowest BCUT2D eigenvalue weighted by Gasteiger charge is -2.09. The van der Waals surface area contributed by atoms with E-state index in [2.05, 4.69) is 26.7 Å². The van der Waals surface area contributed by atoms with Crippen molar-refractivity contribution < 1.29 is 9.32 Å². The first-order chi connectivity index (χ1) is 11.5. The molecule has 3 aromatic rings. The summed E-state index contributed by atoms with van der Waals surface area (Å²) < 4.78 is 6.86. The third-order valence-electron chi connectivity index (χ3n) is 3.37. The Labute approximate surface area is 147 Å². The van der Waals surface area contributed by atoms with Crippen molar-refractivity contribution in [3.8, 4) is 0 Å². The second kappa shape index (κ2) is 7.18. The van der Waals surface area contributed by atoms with Crippen molar-refractivity contribution in [1.29, 1.82) is 0 Å². The van der Waals surface area contributed by atoms with Crippen molar-refractivity contribution in [2.45, 2.75) is 30.7 Å². The molecule has 0 aliphatic rings. The van der Waals surface area contributed by atoms with Gasteiger partial charge in [0.25, 0.3) is 0 Å². The number of carbonyl (C=O) groups is 1. The van der Waals surface area contributed by atoms with Crippen LogP contribution in [-0.2, 0) is 18.3 Å². The van der Waals surface area contributed by atoms with Crippen molar-refractivity contribution in [3.05, 3.63) is 40.0 Å². The van der Waals surface area contributed by atoms with Crippen molar-refractivity contribution >= 4 is 34.8 Å². The van der Waals surface area contributed by atoms with E-state index in [1.165, 1.54) is 16.6 Å². The molecule has 1 N–H and O–H groups in total.